The first kappa shape index (κ1) is 24.5. The van der Waals surface area contributed by atoms with Crippen LogP contribution in [-0.2, 0) is 6.42 Å². The molecule has 2 aromatic heterocycles. The van der Waals surface area contributed by atoms with Gasteiger partial charge in [-0.2, -0.15) is 0 Å². The van der Waals surface area contributed by atoms with E-state index in [1.54, 1.807) is 30.3 Å². The highest BCUT2D eigenvalue weighted by Crippen LogP contribution is 2.36. The van der Waals surface area contributed by atoms with Crippen molar-refractivity contribution in [1.82, 2.24) is 24.7 Å². The average Bonchev–Trinajstić information content (AvgIpc) is 3.28. The third-order valence-electron chi connectivity index (χ3n) is 5.40. The van der Waals surface area contributed by atoms with E-state index in [0.29, 0.717) is 5.56 Å². The van der Waals surface area contributed by atoms with Crippen molar-refractivity contribution < 1.29 is 18.3 Å². The Kier molecular flexibility index (Phi) is 7.33. The van der Waals surface area contributed by atoms with Crippen molar-refractivity contribution >= 4 is 5.84 Å². The lowest BCUT2D eigenvalue weighted by atomic mass is 9.90. The number of halogens is 2. The molecule has 0 aliphatic carbocycles. The van der Waals surface area contributed by atoms with Gasteiger partial charge in [-0.25, -0.2) is 23.5 Å². The number of aromatic amines is 1. The molecule has 186 valence electrons. The Bertz CT molecular complexity index is 1410. The fourth-order valence-electron chi connectivity index (χ4n) is 3.66. The van der Waals surface area contributed by atoms with E-state index in [4.69, 9.17) is 20.6 Å². The monoisotopic (exact) mass is 495 g/mol. The third kappa shape index (κ3) is 5.22. The van der Waals surface area contributed by atoms with Crippen LogP contribution < -0.4 is 20.9 Å². The van der Waals surface area contributed by atoms with Gasteiger partial charge in [-0.3, -0.25) is 10.4 Å². The van der Waals surface area contributed by atoms with E-state index in [1.165, 1.54) is 31.6 Å². The lowest BCUT2D eigenvalue weighted by Gasteiger charge is -2.19. The smallest absolute Gasteiger partial charge is 0.350 e. The first-order valence-corrected chi connectivity index (χ1v) is 10.9. The van der Waals surface area contributed by atoms with Crippen LogP contribution in [0.2, 0.25) is 0 Å². The van der Waals surface area contributed by atoms with Crippen LogP contribution >= 0.6 is 0 Å². The summed E-state index contributed by atoms with van der Waals surface area (Å²) >= 11 is 0. The molecule has 1 atom stereocenters. The quantitative estimate of drug-likeness (QED) is 0.226. The summed E-state index contributed by atoms with van der Waals surface area (Å²) in [7, 11) is 1.41. The minimum absolute atomic E-state index is 0.0487. The van der Waals surface area contributed by atoms with Gasteiger partial charge in [0.1, 0.15) is 30.7 Å². The molecule has 2 aromatic carbocycles. The molecule has 0 spiro atoms. The standard InChI is InChI=1S/C24H23F2N7O3/c1-35-16-12-17(20(26)19(13-16)36-10-7-25)18(11-14-3-5-15(6-4-14)21(27)28)22-31-24(34)33(32-22)23-29-8-2-9-30-23/h2-6,8-9,12-13,18H,7,10-11H2,1H3,(H3,27,28)(H,31,32,34). The Balaban J connectivity index is 1.84. The summed E-state index contributed by atoms with van der Waals surface area (Å²) in [5.41, 5.74) is 6.34. The van der Waals surface area contributed by atoms with E-state index >= 15 is 4.39 Å². The second kappa shape index (κ2) is 10.8. The van der Waals surface area contributed by atoms with Gasteiger partial charge in [-0.15, -0.1) is 9.78 Å². The van der Waals surface area contributed by atoms with Crippen LogP contribution in [-0.4, -0.2) is 51.0 Å². The molecule has 0 fully saturated rings. The van der Waals surface area contributed by atoms with Crippen molar-refractivity contribution in [2.24, 2.45) is 5.73 Å². The van der Waals surface area contributed by atoms with Gasteiger partial charge in [0.15, 0.2) is 11.6 Å². The zero-order valence-corrected chi connectivity index (χ0v) is 19.2. The molecule has 12 heteroatoms. The summed E-state index contributed by atoms with van der Waals surface area (Å²) in [4.78, 5) is 23.5. The van der Waals surface area contributed by atoms with E-state index < -0.39 is 24.1 Å². The summed E-state index contributed by atoms with van der Waals surface area (Å²) < 4.78 is 39.9. The van der Waals surface area contributed by atoms with Crippen molar-refractivity contribution in [1.29, 1.82) is 5.41 Å². The van der Waals surface area contributed by atoms with E-state index in [1.807, 2.05) is 0 Å². The third-order valence-corrected chi connectivity index (χ3v) is 5.40. The average molecular weight is 495 g/mol. The number of hydrogen-bond acceptors (Lipinski definition) is 7. The Labute approximate surface area is 204 Å². The molecule has 0 saturated heterocycles. The molecular weight excluding hydrogens is 472 g/mol. The van der Waals surface area contributed by atoms with E-state index in [2.05, 4.69) is 20.1 Å². The van der Waals surface area contributed by atoms with Crippen LogP contribution in [0.5, 0.6) is 11.5 Å². The van der Waals surface area contributed by atoms with Crippen LogP contribution in [0.15, 0.2) is 59.7 Å². The topological polar surface area (TPSA) is 145 Å². The molecule has 0 radical (unpaired) electrons. The highest BCUT2D eigenvalue weighted by Gasteiger charge is 2.27. The molecule has 36 heavy (non-hydrogen) atoms. The van der Waals surface area contributed by atoms with E-state index in [0.717, 1.165) is 10.2 Å². The maximum atomic E-state index is 15.7. The molecule has 4 N–H and O–H groups in total. The van der Waals surface area contributed by atoms with Crippen LogP contribution in [0.3, 0.4) is 0 Å². The number of alkyl halides is 1. The van der Waals surface area contributed by atoms with Gasteiger partial charge in [-0.05, 0) is 24.1 Å². The Morgan fingerprint density at radius 1 is 1.22 bits per heavy atom. The number of nitrogens with two attached hydrogens (primary N) is 1. The Hall–Kier alpha value is -4.61. The van der Waals surface area contributed by atoms with Gasteiger partial charge in [0.25, 0.3) is 5.95 Å². The molecule has 4 rings (SSSR count). The van der Waals surface area contributed by atoms with Gasteiger partial charge in [0.05, 0.1) is 13.0 Å². The first-order chi connectivity index (χ1) is 17.4. The van der Waals surface area contributed by atoms with Crippen LogP contribution in [0, 0.1) is 11.2 Å². The number of benzene rings is 2. The van der Waals surface area contributed by atoms with Crippen molar-refractivity contribution in [2.45, 2.75) is 12.3 Å². The zero-order valence-electron chi connectivity index (χ0n) is 19.2. The fourth-order valence-corrected chi connectivity index (χ4v) is 3.66. The second-order valence-electron chi connectivity index (χ2n) is 7.71. The minimum atomic E-state index is -0.811. The maximum Gasteiger partial charge on any atom is 0.350 e. The SMILES string of the molecule is COc1cc(OCCF)c(F)c(C(Cc2ccc(C(=N)N)cc2)c2nn(-c3ncccn3)c(=O)[nH]2)c1. The first-order valence-electron chi connectivity index (χ1n) is 10.9. The van der Waals surface area contributed by atoms with Crippen molar-refractivity contribution in [3.63, 3.8) is 0 Å². The van der Waals surface area contributed by atoms with Crippen molar-refractivity contribution in [3.8, 4) is 17.4 Å². The van der Waals surface area contributed by atoms with Crippen molar-refractivity contribution in [3.05, 3.63) is 93.7 Å². The second-order valence-corrected chi connectivity index (χ2v) is 7.71. The molecule has 0 aliphatic rings. The van der Waals surface area contributed by atoms with Gasteiger partial charge in [0, 0.05) is 29.6 Å². The van der Waals surface area contributed by atoms with Gasteiger partial charge in [-0.1, -0.05) is 24.3 Å². The molecule has 2 heterocycles. The number of ether oxygens (including phenoxy) is 2. The summed E-state index contributed by atoms with van der Waals surface area (Å²) in [6.07, 6.45) is 3.13. The number of H-pyrrole nitrogens is 1. The lowest BCUT2D eigenvalue weighted by Crippen LogP contribution is -2.18. The predicted molar refractivity (Wildman–Crippen MR) is 127 cm³/mol. The summed E-state index contributed by atoms with van der Waals surface area (Å²) in [5, 5.41) is 11.9. The predicted octanol–water partition coefficient (Wildman–Crippen LogP) is 2.51. The van der Waals surface area contributed by atoms with Crippen LogP contribution in [0.1, 0.15) is 28.4 Å². The number of nitrogen functional groups attached to an aromatic ring is 1. The lowest BCUT2D eigenvalue weighted by molar-refractivity contribution is 0.260. The number of amidine groups is 1. The van der Waals surface area contributed by atoms with Gasteiger partial charge < -0.3 is 15.2 Å². The molecule has 10 nitrogen and oxygen atoms in total. The Morgan fingerprint density at radius 2 is 1.94 bits per heavy atom. The van der Waals surface area contributed by atoms with Gasteiger partial charge in [0.2, 0.25) is 0 Å². The fraction of sp³-hybridized carbons (Fsp3) is 0.208. The van der Waals surface area contributed by atoms with E-state index in [9.17, 15) is 9.18 Å². The number of nitrogens with zero attached hydrogens (tertiary/aromatic N) is 4. The molecular formula is C24H23F2N7O3. The molecule has 1 unspecified atom stereocenters. The number of rotatable bonds is 10. The van der Waals surface area contributed by atoms with Crippen LogP contribution in [0.4, 0.5) is 8.78 Å². The maximum absolute atomic E-state index is 15.7. The zero-order chi connectivity index (χ0) is 25.7. The van der Waals surface area contributed by atoms with Crippen LogP contribution in [0.25, 0.3) is 5.95 Å². The summed E-state index contributed by atoms with van der Waals surface area (Å²) in [6.45, 7) is -1.13. The highest BCUT2D eigenvalue weighted by atomic mass is 19.1. The Morgan fingerprint density at radius 3 is 2.58 bits per heavy atom. The minimum Gasteiger partial charge on any atom is -0.497 e. The highest BCUT2D eigenvalue weighted by molar-refractivity contribution is 5.94. The number of hydrogen-bond donors (Lipinski definition) is 3. The summed E-state index contributed by atoms with van der Waals surface area (Å²) in [6, 6.07) is 11.2. The van der Waals surface area contributed by atoms with E-state index in [-0.39, 0.29) is 47.7 Å². The molecule has 0 amide bonds. The number of nitrogens with one attached hydrogen (secondary N) is 2. The molecule has 0 bridgehead atoms. The number of aromatic nitrogens is 5. The largest absolute Gasteiger partial charge is 0.497 e. The van der Waals surface area contributed by atoms with Crippen molar-refractivity contribution in [2.75, 3.05) is 20.4 Å². The molecule has 0 saturated carbocycles. The molecule has 4 aromatic rings. The number of methoxy groups -OCH3 is 1. The summed E-state index contributed by atoms with van der Waals surface area (Å²) in [5.74, 6) is -1.34. The normalized spacial score (nSPS) is 11.8. The van der Waals surface area contributed by atoms with Gasteiger partial charge >= 0.3 is 5.69 Å². The molecule has 0 aliphatic heterocycles.